The number of hydrogen-bond acceptors (Lipinski definition) is 3. The van der Waals surface area contributed by atoms with Crippen LogP contribution in [-0.4, -0.2) is 0 Å². The molecule has 0 atom stereocenters. The van der Waals surface area contributed by atoms with Crippen LogP contribution in [0.25, 0.3) is 0 Å². The average Bonchev–Trinajstić information content (AvgIpc) is 2.38. The van der Waals surface area contributed by atoms with E-state index in [0.29, 0.717) is 5.56 Å². The first-order valence-corrected chi connectivity index (χ1v) is 6.65. The van der Waals surface area contributed by atoms with Crippen LogP contribution >= 0.6 is 11.8 Å². The van der Waals surface area contributed by atoms with Gasteiger partial charge in [-0.3, -0.25) is 0 Å². The summed E-state index contributed by atoms with van der Waals surface area (Å²) in [4.78, 5) is 1.09. The van der Waals surface area contributed by atoms with Crippen molar-refractivity contribution in [2.45, 2.75) is 17.6 Å². The van der Waals surface area contributed by atoms with Gasteiger partial charge in [0.15, 0.2) is 0 Å². The van der Waals surface area contributed by atoms with Crippen molar-refractivity contribution in [3.05, 3.63) is 59.2 Å². The highest BCUT2D eigenvalue weighted by atomic mass is 32.2. The van der Waals surface area contributed by atoms with E-state index in [1.807, 2.05) is 43.3 Å². The number of anilines is 1. The second-order valence-electron chi connectivity index (χ2n) is 4.14. The molecule has 2 N–H and O–H groups in total. The minimum absolute atomic E-state index is 0.699. The SMILES string of the molecule is Cc1ccc(SCc2cccc(C#N)c2)c(N)c1. The van der Waals surface area contributed by atoms with Gasteiger partial charge in [0.25, 0.3) is 0 Å². The average molecular weight is 254 g/mol. The number of benzene rings is 2. The topological polar surface area (TPSA) is 49.8 Å². The molecule has 2 aromatic rings. The minimum atomic E-state index is 0.699. The summed E-state index contributed by atoms with van der Waals surface area (Å²) < 4.78 is 0. The van der Waals surface area contributed by atoms with E-state index in [1.165, 1.54) is 5.56 Å². The standard InChI is InChI=1S/C15H14N2S/c1-11-5-6-15(14(17)7-11)18-10-13-4-2-3-12(8-13)9-16/h2-8H,10,17H2,1H3. The van der Waals surface area contributed by atoms with Crippen LogP contribution in [0.2, 0.25) is 0 Å². The number of nitrogens with zero attached hydrogens (tertiary/aromatic N) is 1. The fourth-order valence-corrected chi connectivity index (χ4v) is 2.58. The van der Waals surface area contributed by atoms with E-state index in [4.69, 9.17) is 11.0 Å². The molecule has 0 aliphatic heterocycles. The van der Waals surface area contributed by atoms with Crippen molar-refractivity contribution in [2.75, 3.05) is 5.73 Å². The Bertz CT molecular complexity index is 600. The van der Waals surface area contributed by atoms with Crippen molar-refractivity contribution in [3.8, 4) is 6.07 Å². The summed E-state index contributed by atoms with van der Waals surface area (Å²) in [6.07, 6.45) is 0. The van der Waals surface area contributed by atoms with E-state index in [1.54, 1.807) is 11.8 Å². The van der Waals surface area contributed by atoms with Gasteiger partial charge < -0.3 is 5.73 Å². The van der Waals surface area contributed by atoms with Crippen molar-refractivity contribution in [1.82, 2.24) is 0 Å². The number of nitriles is 1. The predicted octanol–water partition coefficient (Wildman–Crippen LogP) is 3.74. The molecule has 0 amide bonds. The van der Waals surface area contributed by atoms with Gasteiger partial charge in [0.2, 0.25) is 0 Å². The Hall–Kier alpha value is -1.92. The Morgan fingerprint density at radius 1 is 1.22 bits per heavy atom. The molecule has 0 saturated heterocycles. The van der Waals surface area contributed by atoms with Gasteiger partial charge in [-0.25, -0.2) is 0 Å². The predicted molar refractivity (Wildman–Crippen MR) is 76.3 cm³/mol. The number of thioether (sulfide) groups is 1. The van der Waals surface area contributed by atoms with Gasteiger partial charge in [-0.2, -0.15) is 5.26 Å². The minimum Gasteiger partial charge on any atom is -0.398 e. The summed E-state index contributed by atoms with van der Waals surface area (Å²) in [5.41, 5.74) is 9.79. The quantitative estimate of drug-likeness (QED) is 0.670. The first kappa shape index (κ1) is 12.5. The Morgan fingerprint density at radius 2 is 2.06 bits per heavy atom. The highest BCUT2D eigenvalue weighted by Gasteiger charge is 2.01. The molecule has 2 nitrogen and oxygen atoms in total. The molecule has 0 aromatic heterocycles. The zero-order valence-electron chi connectivity index (χ0n) is 10.2. The van der Waals surface area contributed by atoms with Crippen molar-refractivity contribution in [3.63, 3.8) is 0 Å². The van der Waals surface area contributed by atoms with Crippen LogP contribution in [0.5, 0.6) is 0 Å². The maximum Gasteiger partial charge on any atom is 0.0991 e. The number of aryl methyl sites for hydroxylation is 1. The molecule has 0 aliphatic carbocycles. The largest absolute Gasteiger partial charge is 0.398 e. The van der Waals surface area contributed by atoms with Gasteiger partial charge in [0, 0.05) is 16.3 Å². The molecule has 0 fully saturated rings. The first-order chi connectivity index (χ1) is 8.69. The molecule has 0 radical (unpaired) electrons. The molecular weight excluding hydrogens is 240 g/mol. The second kappa shape index (κ2) is 5.61. The molecule has 0 spiro atoms. The number of nitrogens with two attached hydrogens (primary N) is 1. The molecule has 2 aromatic carbocycles. The van der Waals surface area contributed by atoms with Crippen LogP contribution in [-0.2, 0) is 5.75 Å². The van der Waals surface area contributed by atoms with Crippen LogP contribution in [0.3, 0.4) is 0 Å². The van der Waals surface area contributed by atoms with Crippen molar-refractivity contribution >= 4 is 17.4 Å². The third kappa shape index (κ3) is 3.06. The highest BCUT2D eigenvalue weighted by molar-refractivity contribution is 7.98. The molecule has 0 heterocycles. The zero-order valence-corrected chi connectivity index (χ0v) is 11.0. The summed E-state index contributed by atoms with van der Waals surface area (Å²) in [5, 5.41) is 8.85. The van der Waals surface area contributed by atoms with Gasteiger partial charge in [0.05, 0.1) is 11.6 Å². The van der Waals surface area contributed by atoms with Crippen LogP contribution in [0.15, 0.2) is 47.4 Å². The summed E-state index contributed by atoms with van der Waals surface area (Å²) in [6.45, 7) is 2.03. The lowest BCUT2D eigenvalue weighted by molar-refractivity contribution is 1.35. The number of hydrogen-bond donors (Lipinski definition) is 1. The van der Waals surface area contributed by atoms with E-state index in [2.05, 4.69) is 12.1 Å². The number of rotatable bonds is 3. The summed E-state index contributed by atoms with van der Waals surface area (Å²) in [6, 6.07) is 15.9. The highest BCUT2D eigenvalue weighted by Crippen LogP contribution is 2.28. The van der Waals surface area contributed by atoms with E-state index in [9.17, 15) is 0 Å². The van der Waals surface area contributed by atoms with E-state index in [0.717, 1.165) is 21.9 Å². The van der Waals surface area contributed by atoms with Crippen molar-refractivity contribution in [2.24, 2.45) is 0 Å². The fraction of sp³-hybridized carbons (Fsp3) is 0.133. The van der Waals surface area contributed by atoms with Crippen molar-refractivity contribution in [1.29, 1.82) is 5.26 Å². The lowest BCUT2D eigenvalue weighted by Crippen LogP contribution is -1.90. The molecule has 0 aliphatic rings. The van der Waals surface area contributed by atoms with Crippen molar-refractivity contribution < 1.29 is 0 Å². The maximum atomic E-state index is 8.85. The summed E-state index contributed by atoms with van der Waals surface area (Å²) in [7, 11) is 0. The van der Waals surface area contributed by atoms with Gasteiger partial charge in [-0.15, -0.1) is 11.8 Å². The van der Waals surface area contributed by atoms with Crippen LogP contribution in [0.4, 0.5) is 5.69 Å². The molecule has 0 bridgehead atoms. The summed E-state index contributed by atoms with van der Waals surface area (Å²) in [5.74, 6) is 0.822. The Balaban J connectivity index is 2.09. The lowest BCUT2D eigenvalue weighted by Gasteiger charge is -2.06. The van der Waals surface area contributed by atoms with E-state index < -0.39 is 0 Å². The maximum absolute atomic E-state index is 8.85. The third-order valence-corrected chi connectivity index (χ3v) is 3.78. The molecule has 0 saturated carbocycles. The second-order valence-corrected chi connectivity index (χ2v) is 5.16. The molecule has 3 heteroatoms. The smallest absolute Gasteiger partial charge is 0.0991 e. The number of nitrogen functional groups attached to an aromatic ring is 1. The van der Waals surface area contributed by atoms with Gasteiger partial charge in [0.1, 0.15) is 0 Å². The molecule has 90 valence electrons. The lowest BCUT2D eigenvalue weighted by atomic mass is 10.2. The molecule has 0 unspecified atom stereocenters. The van der Waals surface area contributed by atoms with Crippen LogP contribution in [0, 0.1) is 18.3 Å². The molecular formula is C15H14N2S. The van der Waals surface area contributed by atoms with Gasteiger partial charge >= 0.3 is 0 Å². The van der Waals surface area contributed by atoms with E-state index in [-0.39, 0.29) is 0 Å². The Labute approximate surface area is 111 Å². The van der Waals surface area contributed by atoms with E-state index >= 15 is 0 Å². The fourth-order valence-electron chi connectivity index (χ4n) is 1.69. The monoisotopic (exact) mass is 254 g/mol. The third-order valence-electron chi connectivity index (χ3n) is 2.62. The van der Waals surface area contributed by atoms with Crippen LogP contribution < -0.4 is 5.73 Å². The first-order valence-electron chi connectivity index (χ1n) is 5.67. The molecule has 2 rings (SSSR count). The zero-order chi connectivity index (χ0) is 13.0. The van der Waals surface area contributed by atoms with Gasteiger partial charge in [-0.1, -0.05) is 18.2 Å². The normalized spacial score (nSPS) is 10.0. The Kier molecular flexibility index (Phi) is 3.91. The summed E-state index contributed by atoms with van der Waals surface area (Å²) >= 11 is 1.69. The Morgan fingerprint density at radius 3 is 2.78 bits per heavy atom. The molecule has 18 heavy (non-hydrogen) atoms. The van der Waals surface area contributed by atoms with Crippen LogP contribution in [0.1, 0.15) is 16.7 Å². The van der Waals surface area contributed by atoms with Gasteiger partial charge in [-0.05, 0) is 42.3 Å².